The molecule has 1 atom stereocenters. The molecule has 0 unspecified atom stereocenters. The van der Waals surface area contributed by atoms with Crippen LogP contribution in [0, 0.1) is 22.7 Å². The van der Waals surface area contributed by atoms with Gasteiger partial charge in [0.1, 0.15) is 16.8 Å². The average molecular weight is 507 g/mol. The van der Waals surface area contributed by atoms with Crippen molar-refractivity contribution in [1.82, 2.24) is 9.97 Å². The van der Waals surface area contributed by atoms with Crippen molar-refractivity contribution < 1.29 is 9.53 Å². The summed E-state index contributed by atoms with van der Waals surface area (Å²) in [5, 5.41) is 15.7. The van der Waals surface area contributed by atoms with Gasteiger partial charge in [0.05, 0.1) is 24.1 Å². The lowest BCUT2D eigenvalue weighted by Crippen LogP contribution is -2.29. The lowest BCUT2D eigenvalue weighted by molar-refractivity contribution is -0.113. The smallest absolute Gasteiger partial charge is 0.236 e. The number of rotatable bonds is 8. The number of nitrogens with zero attached hydrogens (tertiary/aromatic N) is 3. The molecule has 2 heterocycles. The maximum Gasteiger partial charge on any atom is 0.236 e. The van der Waals surface area contributed by atoms with Gasteiger partial charge in [0.15, 0.2) is 5.13 Å². The minimum absolute atomic E-state index is 0.168. The number of pyridine rings is 1. The minimum Gasteiger partial charge on any atom is -0.497 e. The molecule has 0 aliphatic heterocycles. The Morgan fingerprint density at radius 2 is 2.09 bits per heavy atom. The summed E-state index contributed by atoms with van der Waals surface area (Å²) < 4.78 is 5.19. The third-order valence-corrected chi connectivity index (χ3v) is 8.71. The fourth-order valence-corrected chi connectivity index (χ4v) is 5.82. The number of nitrogens with one attached hydrogen (secondary N) is 1. The fraction of sp³-hybridized carbons (Fsp3) is 0.407. The Hall–Kier alpha value is -2.89. The maximum absolute atomic E-state index is 12.6. The Kier molecular flexibility index (Phi) is 7.78. The summed E-state index contributed by atoms with van der Waals surface area (Å²) in [5.74, 6) is 1.38. The van der Waals surface area contributed by atoms with Crippen LogP contribution in [-0.4, -0.2) is 28.7 Å². The SMILES string of the molecule is CCC(C)(C)[C@@H]1CCc2nc(SCC(=O)Nc3nc(-c4ccc(OC)cc4)cs3)c(C#N)cc2C1. The van der Waals surface area contributed by atoms with Crippen LogP contribution in [0.5, 0.6) is 5.75 Å². The molecule has 3 aromatic rings. The molecule has 1 aliphatic carbocycles. The molecule has 0 radical (unpaired) electrons. The molecule has 6 nitrogen and oxygen atoms in total. The highest BCUT2D eigenvalue weighted by Gasteiger charge is 2.32. The molecule has 182 valence electrons. The van der Waals surface area contributed by atoms with Gasteiger partial charge in [-0.05, 0) is 66.5 Å². The van der Waals surface area contributed by atoms with Crippen molar-refractivity contribution in [2.24, 2.45) is 11.3 Å². The zero-order valence-electron chi connectivity index (χ0n) is 20.6. The first-order valence-corrected chi connectivity index (χ1v) is 13.6. The van der Waals surface area contributed by atoms with Crippen molar-refractivity contribution >= 4 is 34.1 Å². The number of carbonyl (C=O) groups is 1. The zero-order chi connectivity index (χ0) is 25.0. The minimum atomic E-state index is -0.168. The van der Waals surface area contributed by atoms with Crippen LogP contribution in [0.15, 0.2) is 40.7 Å². The van der Waals surface area contributed by atoms with Gasteiger partial charge < -0.3 is 10.1 Å². The van der Waals surface area contributed by atoms with Crippen molar-refractivity contribution in [3.63, 3.8) is 0 Å². The van der Waals surface area contributed by atoms with Gasteiger partial charge >= 0.3 is 0 Å². The molecule has 8 heteroatoms. The Morgan fingerprint density at radius 3 is 2.77 bits per heavy atom. The van der Waals surface area contributed by atoms with Crippen LogP contribution in [0.3, 0.4) is 0 Å². The van der Waals surface area contributed by atoms with Gasteiger partial charge in [0, 0.05) is 16.6 Å². The fourth-order valence-electron chi connectivity index (χ4n) is 4.31. The highest BCUT2D eigenvalue weighted by molar-refractivity contribution is 8.00. The Balaban J connectivity index is 1.39. The van der Waals surface area contributed by atoms with Crippen molar-refractivity contribution in [3.05, 3.63) is 52.5 Å². The first-order valence-electron chi connectivity index (χ1n) is 11.8. The Labute approximate surface area is 215 Å². The predicted molar refractivity (Wildman–Crippen MR) is 142 cm³/mol. The summed E-state index contributed by atoms with van der Waals surface area (Å²) >= 11 is 2.69. The van der Waals surface area contributed by atoms with Gasteiger partial charge in [-0.25, -0.2) is 9.97 Å². The summed E-state index contributed by atoms with van der Waals surface area (Å²) in [4.78, 5) is 21.9. The summed E-state index contributed by atoms with van der Waals surface area (Å²) in [7, 11) is 1.63. The van der Waals surface area contributed by atoms with Crippen LogP contribution in [0.2, 0.25) is 0 Å². The normalized spacial score (nSPS) is 15.2. The van der Waals surface area contributed by atoms with Gasteiger partial charge in [-0.3, -0.25) is 4.79 Å². The van der Waals surface area contributed by atoms with Gasteiger partial charge in [-0.15, -0.1) is 11.3 Å². The first kappa shape index (κ1) is 25.2. The lowest BCUT2D eigenvalue weighted by Gasteiger charge is -2.37. The summed E-state index contributed by atoms with van der Waals surface area (Å²) in [6.45, 7) is 6.89. The van der Waals surface area contributed by atoms with Gasteiger partial charge in [0.2, 0.25) is 5.91 Å². The van der Waals surface area contributed by atoms with E-state index in [0.29, 0.717) is 21.6 Å². The second kappa shape index (κ2) is 10.8. The number of thiazole rings is 1. The van der Waals surface area contributed by atoms with E-state index < -0.39 is 0 Å². The number of nitriles is 1. The number of methoxy groups -OCH3 is 1. The van der Waals surface area contributed by atoms with Crippen LogP contribution < -0.4 is 10.1 Å². The van der Waals surface area contributed by atoms with Crippen molar-refractivity contribution in [1.29, 1.82) is 5.26 Å². The standard InChI is InChI=1S/C27H30N4O2S2/c1-5-27(2,3)20-8-11-22-18(13-20)12-19(14-28)25(29-22)34-16-24(32)31-26-30-23(15-35-26)17-6-9-21(33-4)10-7-17/h6-7,9-10,12,15,20H,5,8,11,13,16H2,1-4H3,(H,30,31,32)/t20-/m1/s1. The first-order chi connectivity index (χ1) is 16.8. The summed E-state index contributed by atoms with van der Waals surface area (Å²) in [6.07, 6.45) is 4.12. The predicted octanol–water partition coefficient (Wildman–Crippen LogP) is 6.36. The van der Waals surface area contributed by atoms with Gasteiger partial charge in [0.25, 0.3) is 0 Å². The third-order valence-electron chi connectivity index (χ3n) is 6.97. The molecule has 1 amide bonds. The number of aryl methyl sites for hydroxylation is 1. The number of benzene rings is 1. The number of amides is 1. The van der Waals surface area contributed by atoms with Gasteiger partial charge in [-0.1, -0.05) is 39.0 Å². The molecule has 0 saturated carbocycles. The summed E-state index contributed by atoms with van der Waals surface area (Å²) in [6, 6.07) is 11.9. The van der Waals surface area contributed by atoms with E-state index in [1.54, 1.807) is 7.11 Å². The van der Waals surface area contributed by atoms with E-state index in [9.17, 15) is 10.1 Å². The average Bonchev–Trinajstić information content (AvgIpc) is 3.34. The number of ether oxygens (including phenoxy) is 1. The number of carbonyl (C=O) groups excluding carboxylic acids is 1. The topological polar surface area (TPSA) is 87.9 Å². The van der Waals surface area contributed by atoms with E-state index >= 15 is 0 Å². The molecule has 1 aromatic carbocycles. The largest absolute Gasteiger partial charge is 0.497 e. The second-order valence-electron chi connectivity index (χ2n) is 9.44. The van der Waals surface area contributed by atoms with Crippen molar-refractivity contribution in [3.8, 4) is 23.1 Å². The van der Waals surface area contributed by atoms with E-state index in [-0.39, 0.29) is 17.1 Å². The lowest BCUT2D eigenvalue weighted by atomic mass is 9.69. The summed E-state index contributed by atoms with van der Waals surface area (Å²) in [5.41, 5.74) is 4.83. The molecular formula is C27H30N4O2S2. The number of thioether (sulfide) groups is 1. The van der Waals surface area contributed by atoms with E-state index in [0.717, 1.165) is 48.4 Å². The Morgan fingerprint density at radius 1 is 1.31 bits per heavy atom. The maximum atomic E-state index is 12.6. The molecule has 1 aliphatic rings. The molecule has 4 rings (SSSR count). The van der Waals surface area contributed by atoms with Crippen LogP contribution in [0.1, 0.15) is 50.4 Å². The monoisotopic (exact) mass is 506 g/mol. The quantitative estimate of drug-likeness (QED) is 0.358. The highest BCUT2D eigenvalue weighted by atomic mass is 32.2. The molecule has 1 N–H and O–H groups in total. The molecule has 2 aromatic heterocycles. The number of hydrogen-bond acceptors (Lipinski definition) is 7. The van der Waals surface area contributed by atoms with Crippen LogP contribution >= 0.6 is 23.1 Å². The van der Waals surface area contributed by atoms with E-state index in [4.69, 9.17) is 9.72 Å². The van der Waals surface area contributed by atoms with Crippen LogP contribution in [-0.2, 0) is 17.6 Å². The highest BCUT2D eigenvalue weighted by Crippen LogP contribution is 2.40. The number of hydrogen-bond donors (Lipinski definition) is 1. The third kappa shape index (κ3) is 5.85. The zero-order valence-corrected chi connectivity index (χ0v) is 22.2. The Bertz CT molecular complexity index is 1250. The number of fused-ring (bicyclic) bond motifs is 1. The molecule has 0 saturated heterocycles. The van der Waals surface area contributed by atoms with Crippen molar-refractivity contribution in [2.45, 2.75) is 51.5 Å². The molecule has 0 spiro atoms. The molecule has 0 bridgehead atoms. The van der Waals surface area contributed by atoms with Crippen LogP contribution in [0.25, 0.3) is 11.3 Å². The van der Waals surface area contributed by atoms with E-state index in [1.807, 2.05) is 35.7 Å². The van der Waals surface area contributed by atoms with E-state index in [2.05, 4.69) is 37.1 Å². The number of aromatic nitrogens is 2. The van der Waals surface area contributed by atoms with Gasteiger partial charge in [-0.2, -0.15) is 5.26 Å². The number of anilines is 1. The second-order valence-corrected chi connectivity index (χ2v) is 11.3. The van der Waals surface area contributed by atoms with Crippen molar-refractivity contribution in [2.75, 3.05) is 18.2 Å². The van der Waals surface area contributed by atoms with E-state index in [1.165, 1.54) is 28.7 Å². The van der Waals surface area contributed by atoms with Crippen LogP contribution in [0.4, 0.5) is 5.13 Å². The molecule has 0 fully saturated rings. The molecular weight excluding hydrogens is 476 g/mol. The molecule has 35 heavy (non-hydrogen) atoms.